The molecule has 62 valence electrons. The summed E-state index contributed by atoms with van der Waals surface area (Å²) >= 11 is -2.31. The van der Waals surface area contributed by atoms with Crippen LogP contribution in [0, 0.1) is 0 Å². The highest BCUT2D eigenvalue weighted by Crippen LogP contribution is 1.98. The van der Waals surface area contributed by atoms with Crippen LogP contribution in [0.1, 0.15) is 6.42 Å². The predicted octanol–water partition coefficient (Wildman–Crippen LogP) is -0.476. The fourth-order valence-electron chi connectivity index (χ4n) is 0.675. The van der Waals surface area contributed by atoms with Crippen molar-refractivity contribution in [3.8, 4) is 0 Å². The number of carbonyl (C=O) groups excluding carboxylic acids is 1. The van der Waals surface area contributed by atoms with Gasteiger partial charge in [0, 0.05) is 12.6 Å². The number of nitrogens with zero attached hydrogens (tertiary/aromatic N) is 2. The molecule has 1 aliphatic heterocycles. The van der Waals surface area contributed by atoms with Crippen molar-refractivity contribution < 1.29 is 13.6 Å². The smallest absolute Gasteiger partial charge is 0.289 e. The van der Waals surface area contributed by atoms with Gasteiger partial charge in [0.15, 0.2) is 0 Å². The van der Waals surface area contributed by atoms with Crippen LogP contribution in [0.2, 0.25) is 0 Å². The second-order valence-electron chi connectivity index (χ2n) is 1.87. The van der Waals surface area contributed by atoms with E-state index >= 15 is 0 Å². The Morgan fingerprint density at radius 1 is 1.82 bits per heavy atom. The van der Waals surface area contributed by atoms with Crippen molar-refractivity contribution in [3.05, 3.63) is 0 Å². The van der Waals surface area contributed by atoms with Gasteiger partial charge in [-0.05, 0) is 0 Å². The molecule has 1 rings (SSSR count). The molecule has 0 aromatic heterocycles. The number of carbonyl (C=O) groups is 1. The lowest BCUT2D eigenvalue weighted by atomic mass is 10.5. The molecular weight excluding hydrogens is 170 g/mol. The Morgan fingerprint density at radius 3 is 3.00 bits per heavy atom. The van der Waals surface area contributed by atoms with E-state index < -0.39 is 17.3 Å². The molecule has 2 N–H and O–H groups in total. The van der Waals surface area contributed by atoms with Crippen molar-refractivity contribution >= 4 is 23.5 Å². The van der Waals surface area contributed by atoms with Gasteiger partial charge >= 0.3 is 6.03 Å². The van der Waals surface area contributed by atoms with Crippen LogP contribution in [-0.2, 0) is 11.3 Å². The average molecular weight is 177 g/mol. The fourth-order valence-corrected chi connectivity index (χ4v) is 0.930. The molecule has 2 amide bonds. The van der Waals surface area contributed by atoms with Gasteiger partial charge in [0.2, 0.25) is 0 Å². The molecule has 0 saturated carbocycles. The minimum Gasteiger partial charge on any atom is -0.289 e. The Bertz CT molecular complexity index is 217. The van der Waals surface area contributed by atoms with E-state index in [0.29, 0.717) is 13.0 Å². The van der Waals surface area contributed by atoms with Crippen molar-refractivity contribution in [2.45, 2.75) is 6.42 Å². The molecule has 0 fully saturated rings. The Kier molecular flexibility index (Phi) is 2.55. The second-order valence-corrected chi connectivity index (χ2v) is 2.57. The van der Waals surface area contributed by atoms with Gasteiger partial charge in [0.05, 0.1) is 6.54 Å². The minimum atomic E-state index is -2.31. The number of hydrazone groups is 1. The Balaban J connectivity index is 2.41. The number of nitrogens with one attached hydrogen (secondary N) is 1. The first kappa shape index (κ1) is 8.15. The maximum Gasteiger partial charge on any atom is 0.351 e. The predicted molar refractivity (Wildman–Crippen MR) is 39.1 cm³/mol. The van der Waals surface area contributed by atoms with E-state index in [1.807, 2.05) is 0 Å². The summed E-state index contributed by atoms with van der Waals surface area (Å²) in [6.45, 7) is 0.461. The number of amides is 2. The topological polar surface area (TPSA) is 82.0 Å². The first-order valence-electron chi connectivity index (χ1n) is 2.91. The third kappa shape index (κ3) is 2.28. The van der Waals surface area contributed by atoms with Crippen molar-refractivity contribution in [2.24, 2.45) is 5.10 Å². The highest BCUT2D eigenvalue weighted by Gasteiger charge is 2.15. The second kappa shape index (κ2) is 3.44. The lowest BCUT2D eigenvalue weighted by molar-refractivity contribution is 0.211. The lowest BCUT2D eigenvalue weighted by Gasteiger charge is -2.09. The highest BCUT2D eigenvalue weighted by atomic mass is 32.2. The summed E-state index contributed by atoms with van der Waals surface area (Å²) in [5, 5.41) is 4.73. The van der Waals surface area contributed by atoms with Gasteiger partial charge in [0.1, 0.15) is 0 Å². The van der Waals surface area contributed by atoms with Crippen LogP contribution in [0.25, 0.3) is 0 Å². The summed E-state index contributed by atoms with van der Waals surface area (Å²) in [5.41, 5.74) is 0. The molecule has 0 aliphatic carbocycles. The fraction of sp³-hybridized carbons (Fsp3) is 0.500. The van der Waals surface area contributed by atoms with E-state index in [-0.39, 0.29) is 0 Å². The summed E-state index contributed by atoms with van der Waals surface area (Å²) in [6, 6.07) is -0.653. The van der Waals surface area contributed by atoms with E-state index in [1.54, 1.807) is 10.9 Å². The molecular formula is C4H7N3O3S. The molecule has 1 aliphatic rings. The van der Waals surface area contributed by atoms with Crippen LogP contribution < -0.4 is 4.72 Å². The van der Waals surface area contributed by atoms with Gasteiger partial charge in [-0.3, -0.25) is 4.55 Å². The zero-order valence-electron chi connectivity index (χ0n) is 5.56. The summed E-state index contributed by atoms with van der Waals surface area (Å²) in [7, 11) is 0. The first-order chi connectivity index (χ1) is 5.20. The molecule has 0 radical (unpaired) electrons. The molecule has 0 aromatic rings. The highest BCUT2D eigenvalue weighted by molar-refractivity contribution is 7.77. The van der Waals surface area contributed by atoms with Gasteiger partial charge in [-0.15, -0.1) is 0 Å². The van der Waals surface area contributed by atoms with E-state index in [0.717, 1.165) is 5.01 Å². The van der Waals surface area contributed by atoms with Gasteiger partial charge in [-0.25, -0.2) is 18.7 Å². The Morgan fingerprint density at radius 2 is 2.55 bits per heavy atom. The first-order valence-corrected chi connectivity index (χ1v) is 4.02. The SMILES string of the molecule is O=C(NS(=O)O)N1CCC=N1. The number of urea groups is 1. The van der Waals surface area contributed by atoms with E-state index in [9.17, 15) is 9.00 Å². The largest absolute Gasteiger partial charge is 0.351 e. The third-order valence-electron chi connectivity index (χ3n) is 1.10. The maximum absolute atomic E-state index is 10.8. The molecule has 0 bridgehead atoms. The monoisotopic (exact) mass is 177 g/mol. The molecule has 1 atom stereocenters. The van der Waals surface area contributed by atoms with Crippen molar-refractivity contribution in [1.82, 2.24) is 9.73 Å². The van der Waals surface area contributed by atoms with E-state index in [1.165, 1.54) is 0 Å². The van der Waals surface area contributed by atoms with Gasteiger partial charge in [-0.1, -0.05) is 0 Å². The average Bonchev–Trinajstić information content (AvgIpc) is 2.35. The van der Waals surface area contributed by atoms with Crippen molar-refractivity contribution in [2.75, 3.05) is 6.54 Å². The molecule has 1 heterocycles. The molecule has 0 spiro atoms. The number of rotatable bonds is 1. The molecule has 6 nitrogen and oxygen atoms in total. The molecule has 11 heavy (non-hydrogen) atoms. The van der Waals surface area contributed by atoms with Crippen molar-refractivity contribution in [3.63, 3.8) is 0 Å². The Labute approximate surface area is 65.7 Å². The maximum atomic E-state index is 10.8. The standard InChI is InChI=1S/C4H7N3O3S/c8-4(6-11(9)10)7-3-1-2-5-7/h2H,1,3H2,(H,6,8)(H,9,10). The van der Waals surface area contributed by atoms with Crippen LogP contribution in [0.3, 0.4) is 0 Å². The zero-order chi connectivity index (χ0) is 8.27. The summed E-state index contributed by atoms with van der Waals surface area (Å²) in [6.07, 6.45) is 2.26. The van der Waals surface area contributed by atoms with Gasteiger partial charge < -0.3 is 0 Å². The molecule has 0 saturated heterocycles. The summed E-state index contributed by atoms with van der Waals surface area (Å²) < 4.78 is 20.1. The Hall–Kier alpha value is -0.950. The minimum absolute atomic E-state index is 0.461. The van der Waals surface area contributed by atoms with E-state index in [4.69, 9.17) is 4.55 Å². The van der Waals surface area contributed by atoms with Gasteiger partial charge in [0.25, 0.3) is 11.3 Å². The van der Waals surface area contributed by atoms with Crippen LogP contribution >= 0.6 is 0 Å². The molecule has 0 aromatic carbocycles. The van der Waals surface area contributed by atoms with Gasteiger partial charge in [-0.2, -0.15) is 5.10 Å². The lowest BCUT2D eigenvalue weighted by Crippen LogP contribution is -2.36. The third-order valence-corrected chi connectivity index (χ3v) is 1.45. The molecule has 1 unspecified atom stereocenters. The molecule has 7 heteroatoms. The van der Waals surface area contributed by atoms with E-state index in [2.05, 4.69) is 5.10 Å². The van der Waals surface area contributed by atoms with Crippen LogP contribution in [0.15, 0.2) is 5.10 Å². The quantitative estimate of drug-likeness (QED) is 0.531. The van der Waals surface area contributed by atoms with Crippen LogP contribution in [-0.4, -0.2) is 32.6 Å². The van der Waals surface area contributed by atoms with Crippen LogP contribution in [0.5, 0.6) is 0 Å². The van der Waals surface area contributed by atoms with Crippen molar-refractivity contribution in [1.29, 1.82) is 0 Å². The van der Waals surface area contributed by atoms with Crippen LogP contribution in [0.4, 0.5) is 4.79 Å². The summed E-state index contributed by atoms with van der Waals surface area (Å²) in [5.74, 6) is 0. The zero-order valence-corrected chi connectivity index (χ0v) is 6.37. The number of hydrogen-bond acceptors (Lipinski definition) is 3. The normalized spacial score (nSPS) is 18.5. The number of hydrogen-bond donors (Lipinski definition) is 2. The summed E-state index contributed by atoms with van der Waals surface area (Å²) in [4.78, 5) is 10.8.